The number of hydrogen-bond donors (Lipinski definition) is 3. The Labute approximate surface area is 213 Å². The van der Waals surface area contributed by atoms with Crippen molar-refractivity contribution in [3.8, 4) is 5.75 Å². The predicted octanol–water partition coefficient (Wildman–Crippen LogP) is 0.0182. The number of carbonyl (C=O) groups excluding carboxylic acids is 2. The largest absolute Gasteiger partial charge is 0.480 e. The van der Waals surface area contributed by atoms with Crippen LogP contribution in [-0.4, -0.2) is 107 Å². The number of amides is 1. The van der Waals surface area contributed by atoms with Gasteiger partial charge in [0.2, 0.25) is 11.9 Å². The molecule has 1 amide bonds. The first kappa shape index (κ1) is 27.4. The number of benzene rings is 1. The second-order valence-electron chi connectivity index (χ2n) is 8.52. The molecule has 3 N–H and O–H groups in total. The first-order chi connectivity index (χ1) is 17.6. The molecule has 1 fully saturated rings. The van der Waals surface area contributed by atoms with Gasteiger partial charge < -0.3 is 29.7 Å². The lowest BCUT2D eigenvalue weighted by molar-refractivity contribution is -0.144. The number of aromatic nitrogens is 3. The third-order valence-corrected chi connectivity index (χ3v) is 5.49. The molecule has 0 saturated carbocycles. The van der Waals surface area contributed by atoms with Crippen LogP contribution >= 0.6 is 0 Å². The maximum atomic E-state index is 12.2. The van der Waals surface area contributed by atoms with Gasteiger partial charge in [-0.15, -0.1) is 0 Å². The van der Waals surface area contributed by atoms with Crippen molar-refractivity contribution in [1.82, 2.24) is 24.8 Å². The Morgan fingerprint density at radius 1 is 1.14 bits per heavy atom. The number of carbonyl (C=O) groups is 3. The maximum Gasteiger partial charge on any atom is 0.414 e. The molecule has 200 valence electrons. The highest BCUT2D eigenvalue weighted by Gasteiger charge is 2.24. The van der Waals surface area contributed by atoms with E-state index in [1.54, 1.807) is 50.2 Å². The minimum Gasteiger partial charge on any atom is -0.480 e. The average Bonchev–Trinajstić information content (AvgIpc) is 2.85. The van der Waals surface area contributed by atoms with Gasteiger partial charge in [-0.1, -0.05) is 12.1 Å². The number of anilines is 2. The molecule has 0 radical (unpaired) electrons. The predicted molar refractivity (Wildman–Crippen MR) is 133 cm³/mol. The summed E-state index contributed by atoms with van der Waals surface area (Å²) in [6, 6.07) is 5.35. The number of aliphatic carboxylic acids is 1. The number of hydrogen-bond acceptors (Lipinski definition) is 11. The van der Waals surface area contributed by atoms with Crippen molar-refractivity contribution >= 4 is 29.9 Å². The van der Waals surface area contributed by atoms with E-state index >= 15 is 0 Å². The van der Waals surface area contributed by atoms with E-state index in [-0.39, 0.29) is 30.8 Å². The van der Waals surface area contributed by atoms with Crippen molar-refractivity contribution in [1.29, 1.82) is 0 Å². The normalized spacial score (nSPS) is 14.5. The highest BCUT2D eigenvalue weighted by atomic mass is 16.6. The summed E-state index contributed by atoms with van der Waals surface area (Å²) < 4.78 is 10.1. The fourth-order valence-electron chi connectivity index (χ4n) is 3.56. The van der Waals surface area contributed by atoms with Crippen molar-refractivity contribution in [3.63, 3.8) is 0 Å². The smallest absolute Gasteiger partial charge is 0.414 e. The highest BCUT2D eigenvalue weighted by Crippen LogP contribution is 2.16. The molecule has 0 bridgehead atoms. The SMILES string of the molecule is CCOC(=O)CN1CCN(c2nc(N[C@@H](Cc3ccc(OC(=O)N(C)C)cc3)C(=O)O)[nH]c(=O)n2)CC1. The number of aromatic amines is 1. The van der Waals surface area contributed by atoms with Crippen LogP contribution < -0.4 is 20.6 Å². The Kier molecular flexibility index (Phi) is 9.38. The van der Waals surface area contributed by atoms with E-state index < -0.39 is 23.8 Å². The van der Waals surface area contributed by atoms with E-state index in [0.717, 1.165) is 0 Å². The minimum atomic E-state index is -1.14. The van der Waals surface area contributed by atoms with Gasteiger partial charge in [0.05, 0.1) is 13.2 Å². The van der Waals surface area contributed by atoms with Gasteiger partial charge >= 0.3 is 23.7 Å². The van der Waals surface area contributed by atoms with Gasteiger partial charge in [0.15, 0.2) is 0 Å². The van der Waals surface area contributed by atoms with Crippen LogP contribution in [0.25, 0.3) is 0 Å². The fraction of sp³-hybridized carbons (Fsp3) is 0.478. The lowest BCUT2D eigenvalue weighted by atomic mass is 10.1. The maximum absolute atomic E-state index is 12.2. The monoisotopic (exact) mass is 517 g/mol. The second-order valence-corrected chi connectivity index (χ2v) is 8.52. The first-order valence-electron chi connectivity index (χ1n) is 11.7. The third-order valence-electron chi connectivity index (χ3n) is 5.49. The summed E-state index contributed by atoms with van der Waals surface area (Å²) in [6.07, 6.45) is -0.452. The van der Waals surface area contributed by atoms with Crippen molar-refractivity contribution in [2.24, 2.45) is 0 Å². The van der Waals surface area contributed by atoms with Gasteiger partial charge in [0, 0.05) is 46.7 Å². The summed E-state index contributed by atoms with van der Waals surface area (Å²) in [5, 5.41) is 12.5. The molecule has 1 saturated heterocycles. The molecule has 0 unspecified atom stereocenters. The molecular weight excluding hydrogens is 486 g/mol. The molecule has 37 heavy (non-hydrogen) atoms. The van der Waals surface area contributed by atoms with Crippen LogP contribution in [0.1, 0.15) is 12.5 Å². The van der Waals surface area contributed by atoms with Gasteiger partial charge in [0.25, 0.3) is 0 Å². The van der Waals surface area contributed by atoms with Gasteiger partial charge in [-0.25, -0.2) is 14.4 Å². The molecule has 0 spiro atoms. The van der Waals surface area contributed by atoms with E-state index in [9.17, 15) is 24.3 Å². The Morgan fingerprint density at radius 3 is 2.41 bits per heavy atom. The van der Waals surface area contributed by atoms with Crippen molar-refractivity contribution in [3.05, 3.63) is 40.3 Å². The second kappa shape index (κ2) is 12.7. The molecule has 1 atom stereocenters. The summed E-state index contributed by atoms with van der Waals surface area (Å²) in [6.45, 7) is 4.32. The first-order valence-corrected chi connectivity index (χ1v) is 11.7. The molecule has 2 heterocycles. The number of rotatable bonds is 10. The number of carboxylic acids is 1. The number of H-pyrrole nitrogens is 1. The Hall–Kier alpha value is -4.20. The van der Waals surface area contributed by atoms with E-state index in [1.165, 1.54) is 4.90 Å². The van der Waals surface area contributed by atoms with Gasteiger partial charge in [-0.2, -0.15) is 9.97 Å². The highest BCUT2D eigenvalue weighted by molar-refractivity contribution is 5.77. The lowest BCUT2D eigenvalue weighted by Gasteiger charge is -2.34. The Balaban J connectivity index is 1.63. The molecule has 1 aliphatic rings. The van der Waals surface area contributed by atoms with Crippen molar-refractivity contribution in [2.75, 3.05) is 63.6 Å². The van der Waals surface area contributed by atoms with Gasteiger partial charge in [-0.3, -0.25) is 14.7 Å². The average molecular weight is 518 g/mol. The zero-order valence-corrected chi connectivity index (χ0v) is 21.0. The summed E-state index contributed by atoms with van der Waals surface area (Å²) >= 11 is 0. The topological polar surface area (TPSA) is 170 Å². The van der Waals surface area contributed by atoms with Crippen LogP contribution in [0.15, 0.2) is 29.1 Å². The molecule has 14 nitrogen and oxygen atoms in total. The Morgan fingerprint density at radius 2 is 1.81 bits per heavy atom. The molecule has 0 aliphatic carbocycles. The fourth-order valence-corrected chi connectivity index (χ4v) is 3.56. The molecular formula is C23H31N7O7. The molecule has 14 heteroatoms. The lowest BCUT2D eigenvalue weighted by Crippen LogP contribution is -2.49. The van der Waals surface area contributed by atoms with Crippen molar-refractivity contribution in [2.45, 2.75) is 19.4 Å². The minimum absolute atomic E-state index is 0.0205. The molecule has 1 aromatic heterocycles. The van der Waals surface area contributed by atoms with Gasteiger partial charge in [-0.05, 0) is 24.6 Å². The van der Waals surface area contributed by atoms with Crippen LogP contribution in [0.2, 0.25) is 0 Å². The van der Waals surface area contributed by atoms with E-state index in [0.29, 0.717) is 44.1 Å². The Bertz CT molecular complexity index is 1140. The summed E-state index contributed by atoms with van der Waals surface area (Å²) in [5.41, 5.74) is -0.00319. The summed E-state index contributed by atoms with van der Waals surface area (Å²) in [4.78, 5) is 63.2. The number of piperazine rings is 1. The third kappa shape index (κ3) is 8.17. The zero-order chi connectivity index (χ0) is 26.9. The zero-order valence-electron chi connectivity index (χ0n) is 21.0. The van der Waals surface area contributed by atoms with Crippen LogP contribution in [0.5, 0.6) is 5.75 Å². The van der Waals surface area contributed by atoms with Crippen molar-refractivity contribution < 1.29 is 29.0 Å². The van der Waals surface area contributed by atoms with E-state index in [4.69, 9.17) is 9.47 Å². The van der Waals surface area contributed by atoms with Crippen LogP contribution in [0, 0.1) is 0 Å². The molecule has 1 aliphatic heterocycles. The van der Waals surface area contributed by atoms with Crippen LogP contribution in [0.4, 0.5) is 16.7 Å². The number of nitrogens with zero attached hydrogens (tertiary/aromatic N) is 5. The van der Waals surface area contributed by atoms with E-state index in [2.05, 4.69) is 20.3 Å². The number of esters is 1. The molecule has 1 aromatic carbocycles. The van der Waals surface area contributed by atoms with E-state index in [1.807, 2.05) is 4.90 Å². The van der Waals surface area contributed by atoms with Crippen LogP contribution in [0.3, 0.4) is 0 Å². The number of ether oxygens (including phenoxy) is 2. The number of nitrogens with one attached hydrogen (secondary N) is 2. The summed E-state index contributed by atoms with van der Waals surface area (Å²) in [5.74, 6) is -0.962. The molecule has 2 aromatic rings. The standard InChI is InChI=1S/C23H31N7O7/c1-4-36-18(31)14-29-9-11-30(12-10-29)21-25-20(26-22(34)27-21)24-17(19(32)33)13-15-5-7-16(8-6-15)37-23(35)28(2)3/h5-8,17H,4,9-14H2,1-3H3,(H,32,33)(H2,24,25,26,27,34)/t17-/m0/s1. The summed E-state index contributed by atoms with van der Waals surface area (Å²) in [7, 11) is 3.13. The van der Waals surface area contributed by atoms with Gasteiger partial charge in [0.1, 0.15) is 11.8 Å². The number of carboxylic acid groups (broad SMARTS) is 1. The van der Waals surface area contributed by atoms with Crippen LogP contribution in [-0.2, 0) is 20.7 Å². The molecule has 3 rings (SSSR count). The quantitative estimate of drug-likeness (QED) is 0.362.